The summed E-state index contributed by atoms with van der Waals surface area (Å²) < 4.78 is 10.2. The summed E-state index contributed by atoms with van der Waals surface area (Å²) in [6.45, 7) is 2.05. The van der Waals surface area contributed by atoms with Gasteiger partial charge in [-0.1, -0.05) is 12.1 Å². The lowest BCUT2D eigenvalue weighted by Crippen LogP contribution is -2.35. The number of amides is 1. The highest BCUT2D eigenvalue weighted by molar-refractivity contribution is 5.94. The minimum Gasteiger partial charge on any atom is -0.497 e. The molecule has 27 heavy (non-hydrogen) atoms. The number of nitrogens with one attached hydrogen (secondary N) is 1. The van der Waals surface area contributed by atoms with Crippen molar-refractivity contribution in [1.82, 2.24) is 4.98 Å². The Bertz CT molecular complexity index is 1030. The molecule has 0 aliphatic rings. The predicted molar refractivity (Wildman–Crippen MR) is 105 cm³/mol. The van der Waals surface area contributed by atoms with E-state index in [1.807, 2.05) is 43.3 Å². The molecule has 3 aromatic rings. The van der Waals surface area contributed by atoms with E-state index in [1.165, 1.54) is 7.11 Å². The Kier molecular flexibility index (Phi) is 5.57. The van der Waals surface area contributed by atoms with E-state index in [0.717, 1.165) is 16.6 Å². The van der Waals surface area contributed by atoms with Crippen LogP contribution in [0.3, 0.4) is 0 Å². The highest BCUT2D eigenvalue weighted by atomic mass is 16.5. The van der Waals surface area contributed by atoms with Gasteiger partial charge in [-0.3, -0.25) is 9.59 Å². The van der Waals surface area contributed by atoms with Crippen molar-refractivity contribution in [3.8, 4) is 5.75 Å². The maximum atomic E-state index is 12.6. The first-order chi connectivity index (χ1) is 13.0. The van der Waals surface area contributed by atoms with Gasteiger partial charge in [-0.25, -0.2) is 0 Å². The van der Waals surface area contributed by atoms with Crippen LogP contribution in [0.4, 0.5) is 5.69 Å². The molecule has 0 spiro atoms. The van der Waals surface area contributed by atoms with Crippen LogP contribution < -0.4 is 15.2 Å². The van der Waals surface area contributed by atoms with E-state index in [1.54, 1.807) is 24.1 Å². The second-order valence-corrected chi connectivity index (χ2v) is 6.33. The molecular formula is C21H22N2O4. The van der Waals surface area contributed by atoms with E-state index in [0.29, 0.717) is 16.8 Å². The van der Waals surface area contributed by atoms with Crippen LogP contribution in [0.2, 0.25) is 0 Å². The largest absolute Gasteiger partial charge is 0.497 e. The fraction of sp³-hybridized carbons (Fsp3) is 0.238. The first kappa shape index (κ1) is 18.7. The molecule has 1 amide bonds. The van der Waals surface area contributed by atoms with Gasteiger partial charge < -0.3 is 19.4 Å². The van der Waals surface area contributed by atoms with Crippen LogP contribution in [0.1, 0.15) is 11.1 Å². The quantitative estimate of drug-likeness (QED) is 0.728. The summed E-state index contributed by atoms with van der Waals surface area (Å²) >= 11 is 0. The summed E-state index contributed by atoms with van der Waals surface area (Å²) in [5.41, 5.74) is 2.71. The van der Waals surface area contributed by atoms with Crippen LogP contribution in [0.5, 0.6) is 5.75 Å². The molecule has 1 aromatic heterocycles. The standard InChI is InChI=1S/C21H22N2O4/c1-14-5-4-6-17(9-14)23(20(24)13-26-2)12-16-10-15-7-8-18(27-3)11-19(15)22-21(16)25/h4-11H,12-13H2,1-3H3,(H,22,25). The van der Waals surface area contributed by atoms with E-state index in [-0.39, 0.29) is 24.6 Å². The number of anilines is 1. The Morgan fingerprint density at radius 2 is 1.93 bits per heavy atom. The second kappa shape index (κ2) is 8.05. The SMILES string of the molecule is COCC(=O)N(Cc1cc2ccc(OC)cc2[nH]c1=O)c1cccc(C)c1. The van der Waals surface area contributed by atoms with E-state index in [9.17, 15) is 9.59 Å². The summed E-state index contributed by atoms with van der Waals surface area (Å²) in [6, 6.07) is 14.9. The summed E-state index contributed by atoms with van der Waals surface area (Å²) in [5.74, 6) is 0.458. The second-order valence-electron chi connectivity index (χ2n) is 6.33. The fourth-order valence-electron chi connectivity index (χ4n) is 2.96. The lowest BCUT2D eigenvalue weighted by atomic mass is 10.1. The number of hydrogen-bond acceptors (Lipinski definition) is 4. The van der Waals surface area contributed by atoms with Crippen molar-refractivity contribution in [3.05, 3.63) is 70.0 Å². The van der Waals surface area contributed by atoms with Crippen LogP contribution in [-0.4, -0.2) is 31.7 Å². The topological polar surface area (TPSA) is 71.6 Å². The number of rotatable bonds is 6. The van der Waals surface area contributed by atoms with E-state index in [2.05, 4.69) is 4.98 Å². The number of aromatic amines is 1. The highest BCUT2D eigenvalue weighted by Gasteiger charge is 2.18. The number of H-pyrrole nitrogens is 1. The monoisotopic (exact) mass is 366 g/mol. The molecule has 0 aliphatic heterocycles. The number of pyridine rings is 1. The number of hydrogen-bond donors (Lipinski definition) is 1. The van der Waals surface area contributed by atoms with Crippen molar-refractivity contribution in [2.75, 3.05) is 25.7 Å². The van der Waals surface area contributed by atoms with Crippen molar-refractivity contribution < 1.29 is 14.3 Å². The van der Waals surface area contributed by atoms with E-state index >= 15 is 0 Å². The van der Waals surface area contributed by atoms with Crippen LogP contribution in [0, 0.1) is 6.92 Å². The summed E-state index contributed by atoms with van der Waals surface area (Å²) in [4.78, 5) is 29.6. The minimum atomic E-state index is -0.237. The van der Waals surface area contributed by atoms with Crippen LogP contribution in [-0.2, 0) is 16.1 Å². The molecule has 140 valence electrons. The number of aryl methyl sites for hydroxylation is 1. The van der Waals surface area contributed by atoms with Crippen molar-refractivity contribution in [3.63, 3.8) is 0 Å². The molecule has 6 nitrogen and oxygen atoms in total. The summed E-state index contributed by atoms with van der Waals surface area (Å²) in [7, 11) is 3.05. The highest BCUT2D eigenvalue weighted by Crippen LogP contribution is 2.21. The number of ether oxygens (including phenoxy) is 2. The Balaban J connectivity index is 2.01. The molecule has 0 saturated heterocycles. The predicted octanol–water partition coefficient (Wildman–Crippen LogP) is 3.02. The number of carbonyl (C=O) groups excluding carboxylic acids is 1. The molecule has 2 aromatic carbocycles. The van der Waals surface area contributed by atoms with Crippen molar-refractivity contribution in [2.24, 2.45) is 0 Å². The maximum Gasteiger partial charge on any atom is 0.253 e. The van der Waals surface area contributed by atoms with E-state index < -0.39 is 0 Å². The molecule has 0 saturated carbocycles. The zero-order valence-corrected chi connectivity index (χ0v) is 15.6. The molecule has 6 heteroatoms. The van der Waals surface area contributed by atoms with Crippen molar-refractivity contribution in [2.45, 2.75) is 13.5 Å². The zero-order valence-electron chi connectivity index (χ0n) is 15.6. The van der Waals surface area contributed by atoms with E-state index in [4.69, 9.17) is 9.47 Å². The minimum absolute atomic E-state index is 0.0589. The Labute approximate surface area is 157 Å². The third kappa shape index (κ3) is 4.17. The number of fused-ring (bicyclic) bond motifs is 1. The average Bonchev–Trinajstić information content (AvgIpc) is 2.66. The molecule has 0 unspecified atom stereocenters. The number of methoxy groups -OCH3 is 2. The van der Waals surface area contributed by atoms with Gasteiger partial charge in [-0.2, -0.15) is 0 Å². The molecule has 0 bridgehead atoms. The molecule has 0 aliphatic carbocycles. The normalized spacial score (nSPS) is 10.8. The maximum absolute atomic E-state index is 12.6. The fourth-order valence-corrected chi connectivity index (χ4v) is 2.96. The Morgan fingerprint density at radius 1 is 1.11 bits per heavy atom. The number of aromatic nitrogens is 1. The third-order valence-corrected chi connectivity index (χ3v) is 4.34. The smallest absolute Gasteiger partial charge is 0.253 e. The first-order valence-electron chi connectivity index (χ1n) is 8.57. The number of benzene rings is 2. The Morgan fingerprint density at radius 3 is 2.63 bits per heavy atom. The van der Waals surface area contributed by atoms with Crippen molar-refractivity contribution >= 4 is 22.5 Å². The molecule has 1 heterocycles. The summed E-state index contributed by atoms with van der Waals surface area (Å²) in [5, 5.41) is 0.869. The molecule has 1 N–H and O–H groups in total. The van der Waals surface area contributed by atoms with Gasteiger partial charge in [-0.05, 0) is 48.2 Å². The first-order valence-corrected chi connectivity index (χ1v) is 8.57. The van der Waals surface area contributed by atoms with Gasteiger partial charge in [0.1, 0.15) is 12.4 Å². The zero-order chi connectivity index (χ0) is 19.4. The third-order valence-electron chi connectivity index (χ3n) is 4.34. The average molecular weight is 366 g/mol. The lowest BCUT2D eigenvalue weighted by Gasteiger charge is -2.23. The van der Waals surface area contributed by atoms with Gasteiger partial charge in [0.15, 0.2) is 0 Å². The van der Waals surface area contributed by atoms with Gasteiger partial charge >= 0.3 is 0 Å². The molecular weight excluding hydrogens is 344 g/mol. The van der Waals surface area contributed by atoms with Crippen LogP contribution in [0.15, 0.2) is 53.3 Å². The van der Waals surface area contributed by atoms with Crippen LogP contribution >= 0.6 is 0 Å². The molecule has 0 atom stereocenters. The van der Waals surface area contributed by atoms with Gasteiger partial charge in [0.2, 0.25) is 0 Å². The summed E-state index contributed by atoms with van der Waals surface area (Å²) in [6.07, 6.45) is 0. The molecule has 3 rings (SSSR count). The van der Waals surface area contributed by atoms with Gasteiger partial charge in [-0.15, -0.1) is 0 Å². The van der Waals surface area contributed by atoms with Gasteiger partial charge in [0.25, 0.3) is 11.5 Å². The molecule has 0 fully saturated rings. The Hall–Kier alpha value is -3.12. The lowest BCUT2D eigenvalue weighted by molar-refractivity contribution is -0.122. The molecule has 0 radical (unpaired) electrons. The van der Waals surface area contributed by atoms with Gasteiger partial charge in [0, 0.05) is 24.4 Å². The number of carbonyl (C=O) groups is 1. The van der Waals surface area contributed by atoms with Crippen molar-refractivity contribution in [1.29, 1.82) is 0 Å². The van der Waals surface area contributed by atoms with Crippen LogP contribution in [0.25, 0.3) is 10.9 Å². The number of nitrogens with zero attached hydrogens (tertiary/aromatic N) is 1. The van der Waals surface area contributed by atoms with Gasteiger partial charge in [0.05, 0.1) is 19.2 Å².